The van der Waals surface area contributed by atoms with Crippen LogP contribution in [0.25, 0.3) is 10.6 Å². The highest BCUT2D eigenvalue weighted by Crippen LogP contribution is 2.23. The number of unbranched alkanes of at least 4 members (excludes halogenated alkanes) is 1. The molecular formula is C14H15NO2S. The van der Waals surface area contributed by atoms with Gasteiger partial charge < -0.3 is 5.11 Å². The quantitative estimate of drug-likeness (QED) is 0.808. The maximum absolute atomic E-state index is 10.4. The number of carboxylic acids is 1. The Labute approximate surface area is 110 Å². The molecule has 0 aliphatic rings. The number of aryl methyl sites for hydroxylation is 1. The van der Waals surface area contributed by atoms with Crippen molar-refractivity contribution in [1.29, 1.82) is 0 Å². The molecule has 0 saturated carbocycles. The Balaban J connectivity index is 1.89. The first-order valence-corrected chi connectivity index (χ1v) is 6.85. The van der Waals surface area contributed by atoms with Gasteiger partial charge in [-0.3, -0.25) is 4.79 Å². The minimum atomic E-state index is -0.724. The lowest BCUT2D eigenvalue weighted by Gasteiger charge is -1.96. The number of hydrogen-bond acceptors (Lipinski definition) is 3. The van der Waals surface area contributed by atoms with E-state index in [1.807, 2.05) is 30.3 Å². The highest BCUT2D eigenvalue weighted by atomic mass is 32.1. The largest absolute Gasteiger partial charge is 0.481 e. The lowest BCUT2D eigenvalue weighted by molar-refractivity contribution is -0.137. The maximum atomic E-state index is 10.4. The third-order valence-corrected chi connectivity index (χ3v) is 3.59. The average molecular weight is 261 g/mol. The van der Waals surface area contributed by atoms with Gasteiger partial charge in [0.05, 0.1) is 5.69 Å². The van der Waals surface area contributed by atoms with Gasteiger partial charge in [-0.25, -0.2) is 4.98 Å². The van der Waals surface area contributed by atoms with Crippen molar-refractivity contribution in [1.82, 2.24) is 4.98 Å². The molecule has 2 aromatic rings. The fourth-order valence-corrected chi connectivity index (χ4v) is 2.58. The van der Waals surface area contributed by atoms with Crippen LogP contribution in [0.1, 0.15) is 25.0 Å². The van der Waals surface area contributed by atoms with Gasteiger partial charge in [0.25, 0.3) is 0 Å². The molecule has 18 heavy (non-hydrogen) atoms. The van der Waals surface area contributed by atoms with Crippen molar-refractivity contribution < 1.29 is 9.90 Å². The van der Waals surface area contributed by atoms with Gasteiger partial charge in [0, 0.05) is 17.4 Å². The van der Waals surface area contributed by atoms with Crippen molar-refractivity contribution in [3.8, 4) is 10.6 Å². The highest BCUT2D eigenvalue weighted by molar-refractivity contribution is 7.13. The third-order valence-electron chi connectivity index (χ3n) is 2.65. The molecule has 1 aromatic heterocycles. The summed E-state index contributed by atoms with van der Waals surface area (Å²) >= 11 is 1.64. The van der Waals surface area contributed by atoms with E-state index in [-0.39, 0.29) is 6.42 Å². The van der Waals surface area contributed by atoms with Gasteiger partial charge in [-0.05, 0) is 19.3 Å². The topological polar surface area (TPSA) is 50.2 Å². The second-order valence-corrected chi connectivity index (χ2v) is 4.97. The van der Waals surface area contributed by atoms with Crippen molar-refractivity contribution in [2.45, 2.75) is 25.7 Å². The van der Waals surface area contributed by atoms with Crippen molar-refractivity contribution in [2.75, 3.05) is 0 Å². The van der Waals surface area contributed by atoms with E-state index in [2.05, 4.69) is 10.4 Å². The van der Waals surface area contributed by atoms with Gasteiger partial charge in [-0.1, -0.05) is 30.3 Å². The van der Waals surface area contributed by atoms with Gasteiger partial charge in [0.15, 0.2) is 0 Å². The Morgan fingerprint density at radius 1 is 1.22 bits per heavy atom. The lowest BCUT2D eigenvalue weighted by atomic mass is 10.1. The van der Waals surface area contributed by atoms with Gasteiger partial charge in [-0.2, -0.15) is 0 Å². The molecule has 0 atom stereocenters. The number of carboxylic acid groups (broad SMARTS) is 1. The van der Waals surface area contributed by atoms with Crippen LogP contribution in [0.5, 0.6) is 0 Å². The van der Waals surface area contributed by atoms with Crippen molar-refractivity contribution >= 4 is 17.3 Å². The lowest BCUT2D eigenvalue weighted by Crippen LogP contribution is -1.95. The van der Waals surface area contributed by atoms with Gasteiger partial charge in [0.2, 0.25) is 0 Å². The monoisotopic (exact) mass is 261 g/mol. The van der Waals surface area contributed by atoms with E-state index in [1.165, 1.54) is 0 Å². The third kappa shape index (κ3) is 3.67. The smallest absolute Gasteiger partial charge is 0.303 e. The minimum absolute atomic E-state index is 0.246. The Morgan fingerprint density at radius 2 is 2.00 bits per heavy atom. The van der Waals surface area contributed by atoms with Crippen molar-refractivity contribution in [2.24, 2.45) is 0 Å². The fraction of sp³-hybridized carbons (Fsp3) is 0.286. The molecule has 0 aliphatic heterocycles. The minimum Gasteiger partial charge on any atom is -0.481 e. The summed E-state index contributed by atoms with van der Waals surface area (Å²) in [6, 6.07) is 10.1. The van der Waals surface area contributed by atoms with Crippen molar-refractivity contribution in [3.05, 3.63) is 41.4 Å². The molecule has 0 bridgehead atoms. The van der Waals surface area contributed by atoms with E-state index in [0.717, 1.165) is 29.1 Å². The molecule has 0 saturated heterocycles. The zero-order valence-corrected chi connectivity index (χ0v) is 10.8. The number of aliphatic carboxylic acids is 1. The summed E-state index contributed by atoms with van der Waals surface area (Å²) in [5, 5.41) is 11.6. The zero-order chi connectivity index (χ0) is 12.8. The molecular weight excluding hydrogens is 246 g/mol. The summed E-state index contributed by atoms with van der Waals surface area (Å²) in [6.45, 7) is 0. The maximum Gasteiger partial charge on any atom is 0.303 e. The van der Waals surface area contributed by atoms with E-state index in [1.54, 1.807) is 11.3 Å². The van der Waals surface area contributed by atoms with Gasteiger partial charge >= 0.3 is 5.97 Å². The van der Waals surface area contributed by atoms with E-state index >= 15 is 0 Å². The number of nitrogens with zero attached hydrogens (tertiary/aromatic N) is 1. The summed E-state index contributed by atoms with van der Waals surface area (Å²) < 4.78 is 0. The molecule has 1 N–H and O–H groups in total. The van der Waals surface area contributed by atoms with Crippen LogP contribution in [0.3, 0.4) is 0 Å². The Bertz CT molecular complexity index is 508. The standard InChI is InChI=1S/C14H15NO2S/c16-13(17)9-5-4-8-12-10-18-14(15-12)11-6-2-1-3-7-11/h1-3,6-7,10H,4-5,8-9H2,(H,16,17). The molecule has 0 radical (unpaired) electrons. The number of aromatic nitrogens is 1. The van der Waals surface area contributed by atoms with Crippen LogP contribution in [-0.2, 0) is 11.2 Å². The van der Waals surface area contributed by atoms with E-state index < -0.39 is 5.97 Å². The van der Waals surface area contributed by atoms with Crippen LogP contribution in [-0.4, -0.2) is 16.1 Å². The van der Waals surface area contributed by atoms with E-state index in [9.17, 15) is 4.79 Å². The van der Waals surface area contributed by atoms with E-state index in [0.29, 0.717) is 6.42 Å². The molecule has 0 aliphatic carbocycles. The zero-order valence-electron chi connectivity index (χ0n) is 10.0. The second-order valence-electron chi connectivity index (χ2n) is 4.11. The summed E-state index contributed by atoms with van der Waals surface area (Å²) in [5.41, 5.74) is 2.20. The predicted octanol–water partition coefficient (Wildman–Crippen LogP) is 3.61. The molecule has 94 valence electrons. The first-order chi connectivity index (χ1) is 8.75. The van der Waals surface area contributed by atoms with E-state index in [4.69, 9.17) is 5.11 Å². The normalized spacial score (nSPS) is 10.4. The Kier molecular flexibility index (Phi) is 4.47. The SMILES string of the molecule is O=C(O)CCCCc1csc(-c2ccccc2)n1. The predicted molar refractivity (Wildman–Crippen MR) is 72.7 cm³/mol. The molecule has 1 aromatic carbocycles. The Hall–Kier alpha value is -1.68. The number of thiazole rings is 1. The Morgan fingerprint density at radius 3 is 2.72 bits per heavy atom. The number of carbonyl (C=O) groups is 1. The number of hydrogen-bond donors (Lipinski definition) is 1. The molecule has 0 unspecified atom stereocenters. The van der Waals surface area contributed by atoms with Crippen LogP contribution in [0.15, 0.2) is 35.7 Å². The first kappa shape index (κ1) is 12.8. The molecule has 0 spiro atoms. The molecule has 1 heterocycles. The molecule has 0 fully saturated rings. The summed E-state index contributed by atoms with van der Waals surface area (Å²) in [7, 11) is 0. The van der Waals surface area contributed by atoms with Gasteiger partial charge in [-0.15, -0.1) is 11.3 Å². The van der Waals surface area contributed by atoms with Crippen LogP contribution < -0.4 is 0 Å². The first-order valence-electron chi connectivity index (χ1n) is 5.97. The number of rotatable bonds is 6. The number of benzene rings is 1. The van der Waals surface area contributed by atoms with Crippen LogP contribution >= 0.6 is 11.3 Å². The fourth-order valence-electron chi connectivity index (χ4n) is 1.72. The molecule has 4 heteroatoms. The summed E-state index contributed by atoms with van der Waals surface area (Å²) in [5.74, 6) is -0.724. The molecule has 2 rings (SSSR count). The molecule has 0 amide bonds. The van der Waals surface area contributed by atoms with Crippen LogP contribution in [0, 0.1) is 0 Å². The second kappa shape index (κ2) is 6.31. The molecule has 3 nitrogen and oxygen atoms in total. The highest BCUT2D eigenvalue weighted by Gasteiger charge is 2.04. The summed E-state index contributed by atoms with van der Waals surface area (Å²) in [4.78, 5) is 15.0. The van der Waals surface area contributed by atoms with Gasteiger partial charge in [0.1, 0.15) is 5.01 Å². The summed E-state index contributed by atoms with van der Waals surface area (Å²) in [6.07, 6.45) is 2.70. The van der Waals surface area contributed by atoms with Crippen LogP contribution in [0.2, 0.25) is 0 Å². The van der Waals surface area contributed by atoms with Crippen molar-refractivity contribution in [3.63, 3.8) is 0 Å². The average Bonchev–Trinajstić information content (AvgIpc) is 2.84. The van der Waals surface area contributed by atoms with Crippen LogP contribution in [0.4, 0.5) is 0 Å².